The first-order valence-corrected chi connectivity index (χ1v) is 6.54. The Labute approximate surface area is 123 Å². The van der Waals surface area contributed by atoms with Crippen LogP contribution in [-0.2, 0) is 18.0 Å². The second-order valence-corrected chi connectivity index (χ2v) is 4.47. The summed E-state index contributed by atoms with van der Waals surface area (Å²) in [6.07, 6.45) is 0. The van der Waals surface area contributed by atoms with Crippen LogP contribution in [0.1, 0.15) is 21.5 Å². The molecule has 2 rings (SSSR count). The number of methoxy groups -OCH3 is 1. The van der Waals surface area contributed by atoms with Crippen molar-refractivity contribution in [1.29, 1.82) is 0 Å². The van der Waals surface area contributed by atoms with Gasteiger partial charge in [0.05, 0.1) is 20.3 Å². The molecule has 0 aliphatic heterocycles. The van der Waals surface area contributed by atoms with Crippen LogP contribution in [0.25, 0.3) is 0 Å². The zero-order valence-electron chi connectivity index (χ0n) is 11.8. The van der Waals surface area contributed by atoms with Gasteiger partial charge in [-0.15, -0.1) is 0 Å². The number of nitrogens with two attached hydrogens (primary N) is 1. The molecule has 0 spiro atoms. The minimum absolute atomic E-state index is 0.324. The molecule has 2 aromatic rings. The number of carbonyl (C=O) groups excluding carboxylic acids is 1. The molecule has 2 aromatic carbocycles. The van der Waals surface area contributed by atoms with E-state index >= 15 is 0 Å². The minimum Gasteiger partial charge on any atom is -0.497 e. The van der Waals surface area contributed by atoms with E-state index in [1.54, 1.807) is 19.2 Å². The van der Waals surface area contributed by atoms with Gasteiger partial charge in [-0.05, 0) is 29.3 Å². The molecule has 0 radical (unpaired) electrons. The van der Waals surface area contributed by atoms with Gasteiger partial charge in [-0.2, -0.15) is 0 Å². The highest BCUT2D eigenvalue weighted by Crippen LogP contribution is 2.15. The summed E-state index contributed by atoms with van der Waals surface area (Å²) in [7, 11) is 1.63. The van der Waals surface area contributed by atoms with E-state index in [1.807, 2.05) is 36.4 Å². The quantitative estimate of drug-likeness (QED) is 0.484. The summed E-state index contributed by atoms with van der Waals surface area (Å²) in [4.78, 5) is 11.6. The Morgan fingerprint density at radius 1 is 1.14 bits per heavy atom. The van der Waals surface area contributed by atoms with Crippen molar-refractivity contribution in [1.82, 2.24) is 5.43 Å². The number of rotatable bonds is 6. The van der Waals surface area contributed by atoms with Crippen molar-refractivity contribution >= 4 is 5.91 Å². The topological polar surface area (TPSA) is 73.6 Å². The average molecular weight is 286 g/mol. The van der Waals surface area contributed by atoms with Crippen molar-refractivity contribution in [3.63, 3.8) is 0 Å². The summed E-state index contributed by atoms with van der Waals surface area (Å²) in [6, 6.07) is 14.9. The summed E-state index contributed by atoms with van der Waals surface area (Å²) in [6.45, 7) is 0.774. The van der Waals surface area contributed by atoms with Gasteiger partial charge in [-0.3, -0.25) is 10.2 Å². The number of ether oxygens (including phenoxy) is 2. The zero-order valence-corrected chi connectivity index (χ0v) is 11.8. The van der Waals surface area contributed by atoms with Gasteiger partial charge in [0.2, 0.25) is 0 Å². The third-order valence-electron chi connectivity index (χ3n) is 3.05. The van der Waals surface area contributed by atoms with Gasteiger partial charge in [0, 0.05) is 5.56 Å². The fourth-order valence-corrected chi connectivity index (χ4v) is 1.99. The van der Waals surface area contributed by atoms with Crippen molar-refractivity contribution < 1.29 is 14.3 Å². The summed E-state index contributed by atoms with van der Waals surface area (Å²) in [5.41, 5.74) is 4.46. The molecule has 5 heteroatoms. The lowest BCUT2D eigenvalue weighted by atomic mass is 10.1. The molecule has 0 saturated heterocycles. The van der Waals surface area contributed by atoms with E-state index in [4.69, 9.17) is 15.3 Å². The third-order valence-corrected chi connectivity index (χ3v) is 3.05. The number of hydrogen-bond acceptors (Lipinski definition) is 4. The van der Waals surface area contributed by atoms with Crippen molar-refractivity contribution in [2.45, 2.75) is 13.2 Å². The fraction of sp³-hybridized carbons (Fsp3) is 0.188. The molecule has 0 fully saturated rings. The lowest BCUT2D eigenvalue weighted by Gasteiger charge is -2.09. The van der Waals surface area contributed by atoms with Crippen LogP contribution in [0.15, 0.2) is 48.5 Å². The maximum atomic E-state index is 11.6. The fourth-order valence-electron chi connectivity index (χ4n) is 1.99. The summed E-state index contributed by atoms with van der Waals surface area (Å²) in [5.74, 6) is 5.64. The predicted molar refractivity (Wildman–Crippen MR) is 79.6 cm³/mol. The lowest BCUT2D eigenvalue weighted by Crippen LogP contribution is -2.30. The lowest BCUT2D eigenvalue weighted by molar-refractivity contribution is 0.0927. The first-order chi connectivity index (χ1) is 10.2. The van der Waals surface area contributed by atoms with Crippen LogP contribution in [0.5, 0.6) is 5.75 Å². The van der Waals surface area contributed by atoms with E-state index in [9.17, 15) is 4.79 Å². The van der Waals surface area contributed by atoms with Gasteiger partial charge < -0.3 is 9.47 Å². The molecular formula is C16H18N2O3. The highest BCUT2D eigenvalue weighted by atomic mass is 16.5. The maximum Gasteiger partial charge on any atom is 0.265 e. The monoisotopic (exact) mass is 286 g/mol. The molecule has 0 bridgehead atoms. The number of benzene rings is 2. The summed E-state index contributed by atoms with van der Waals surface area (Å²) < 4.78 is 10.8. The van der Waals surface area contributed by atoms with Gasteiger partial charge in [0.25, 0.3) is 5.91 Å². The molecule has 1 amide bonds. The second kappa shape index (κ2) is 7.42. The van der Waals surface area contributed by atoms with Gasteiger partial charge in [-0.25, -0.2) is 5.84 Å². The Morgan fingerprint density at radius 2 is 1.95 bits per heavy atom. The highest BCUT2D eigenvalue weighted by molar-refractivity contribution is 5.95. The first-order valence-electron chi connectivity index (χ1n) is 6.54. The van der Waals surface area contributed by atoms with E-state index in [-0.39, 0.29) is 5.91 Å². The molecule has 0 aromatic heterocycles. The largest absolute Gasteiger partial charge is 0.497 e. The van der Waals surface area contributed by atoms with Crippen molar-refractivity contribution in [2.24, 2.45) is 5.84 Å². The van der Waals surface area contributed by atoms with E-state index in [0.717, 1.165) is 16.9 Å². The van der Waals surface area contributed by atoms with Gasteiger partial charge in [0.1, 0.15) is 5.75 Å². The Bertz CT molecular complexity index is 614. The molecule has 0 aliphatic rings. The molecule has 21 heavy (non-hydrogen) atoms. The average Bonchev–Trinajstić information content (AvgIpc) is 2.55. The van der Waals surface area contributed by atoms with Crippen LogP contribution < -0.4 is 16.0 Å². The number of amides is 1. The number of hydrazine groups is 1. The Morgan fingerprint density at radius 3 is 2.71 bits per heavy atom. The number of carbonyl (C=O) groups is 1. The van der Waals surface area contributed by atoms with Crippen LogP contribution in [0.2, 0.25) is 0 Å². The molecule has 110 valence electrons. The van der Waals surface area contributed by atoms with Gasteiger partial charge >= 0.3 is 0 Å². The maximum absolute atomic E-state index is 11.6. The Kier molecular flexibility index (Phi) is 5.31. The molecule has 0 heterocycles. The standard InChI is InChI=1S/C16H18N2O3/c1-20-14-7-4-5-12(9-14)10-21-11-13-6-2-3-8-15(13)16(19)18-17/h2-9H,10-11,17H2,1H3,(H,18,19). The molecule has 0 atom stereocenters. The smallest absolute Gasteiger partial charge is 0.265 e. The van der Waals surface area contributed by atoms with Crippen LogP contribution >= 0.6 is 0 Å². The Balaban J connectivity index is 1.99. The SMILES string of the molecule is COc1cccc(COCc2ccccc2C(=O)NN)c1. The van der Waals surface area contributed by atoms with Crippen LogP contribution in [0.4, 0.5) is 0 Å². The summed E-state index contributed by atoms with van der Waals surface area (Å²) in [5, 5.41) is 0. The molecule has 0 aliphatic carbocycles. The van der Waals surface area contributed by atoms with E-state index in [1.165, 1.54) is 0 Å². The first kappa shape index (κ1) is 15.0. The Hall–Kier alpha value is -2.37. The third kappa shape index (κ3) is 4.05. The molecule has 0 unspecified atom stereocenters. The van der Waals surface area contributed by atoms with Crippen molar-refractivity contribution in [2.75, 3.05) is 7.11 Å². The van der Waals surface area contributed by atoms with Crippen molar-refractivity contribution in [3.8, 4) is 5.75 Å². The molecule has 3 N–H and O–H groups in total. The number of hydrogen-bond donors (Lipinski definition) is 2. The van der Waals surface area contributed by atoms with Crippen LogP contribution in [0.3, 0.4) is 0 Å². The normalized spacial score (nSPS) is 10.2. The van der Waals surface area contributed by atoms with Gasteiger partial charge in [0.15, 0.2) is 0 Å². The van der Waals surface area contributed by atoms with E-state index in [0.29, 0.717) is 18.8 Å². The van der Waals surface area contributed by atoms with E-state index in [2.05, 4.69) is 5.43 Å². The molecule has 0 saturated carbocycles. The van der Waals surface area contributed by atoms with E-state index < -0.39 is 0 Å². The number of nitrogen functional groups attached to an aromatic ring is 1. The van der Waals surface area contributed by atoms with Crippen LogP contribution in [-0.4, -0.2) is 13.0 Å². The van der Waals surface area contributed by atoms with Gasteiger partial charge in [-0.1, -0.05) is 30.3 Å². The van der Waals surface area contributed by atoms with Crippen molar-refractivity contribution in [3.05, 3.63) is 65.2 Å². The zero-order chi connectivity index (χ0) is 15.1. The molecule has 5 nitrogen and oxygen atoms in total. The minimum atomic E-state index is -0.324. The number of nitrogens with one attached hydrogen (secondary N) is 1. The highest BCUT2D eigenvalue weighted by Gasteiger charge is 2.09. The molecular weight excluding hydrogens is 268 g/mol. The predicted octanol–water partition coefficient (Wildman–Crippen LogP) is 2.02. The van der Waals surface area contributed by atoms with Crippen LogP contribution in [0, 0.1) is 0 Å². The second-order valence-electron chi connectivity index (χ2n) is 4.47. The summed E-state index contributed by atoms with van der Waals surface area (Å²) >= 11 is 0.